The minimum Gasteiger partial charge on any atom is -0.309 e. The molecule has 3 heterocycles. The summed E-state index contributed by atoms with van der Waals surface area (Å²) in [5.41, 5.74) is 13.6. The van der Waals surface area contributed by atoms with E-state index in [0.717, 1.165) is 51.3 Å². The molecule has 10 aromatic rings. The van der Waals surface area contributed by atoms with Gasteiger partial charge in [-0.2, -0.15) is 0 Å². The smallest absolute Gasteiger partial charge is 0.220 e. The van der Waals surface area contributed by atoms with Gasteiger partial charge in [-0.1, -0.05) is 84.9 Å². The van der Waals surface area contributed by atoms with Gasteiger partial charge in [0.2, 0.25) is 5.78 Å². The number of rotatable bonds is 4. The number of para-hydroxylation sites is 3. The molecular formula is C51H40N4. The Bertz CT molecular complexity index is 3150. The second-order valence-electron chi connectivity index (χ2n) is 17.1. The number of hydrogen-bond donors (Lipinski definition) is 0. The van der Waals surface area contributed by atoms with Crippen LogP contribution in [0, 0.1) is 17.8 Å². The highest BCUT2D eigenvalue weighted by molar-refractivity contribution is 6.10. The number of fused-ring (bicyclic) bond motifs is 9. The predicted molar refractivity (Wildman–Crippen MR) is 227 cm³/mol. The molecule has 0 saturated heterocycles. The summed E-state index contributed by atoms with van der Waals surface area (Å²) >= 11 is 0. The lowest BCUT2D eigenvalue weighted by Gasteiger charge is -2.57. The zero-order chi connectivity index (χ0) is 35.8. The molecular weight excluding hydrogens is 669 g/mol. The first-order valence-electron chi connectivity index (χ1n) is 20.2. The van der Waals surface area contributed by atoms with Gasteiger partial charge in [-0.25, -0.2) is 4.98 Å². The normalized spacial score (nSPS) is 22.0. The number of nitrogens with zero attached hydrogens (tertiary/aromatic N) is 4. The van der Waals surface area contributed by atoms with Crippen molar-refractivity contribution in [1.29, 1.82) is 0 Å². The maximum absolute atomic E-state index is 5.24. The van der Waals surface area contributed by atoms with Crippen LogP contribution in [-0.4, -0.2) is 18.5 Å². The summed E-state index contributed by atoms with van der Waals surface area (Å²) in [6.45, 7) is 0. The average molecular weight is 709 g/mol. The van der Waals surface area contributed by atoms with Gasteiger partial charge in [0.05, 0.1) is 33.1 Å². The fraction of sp³-hybridized carbons (Fsp3) is 0.196. The molecule has 0 radical (unpaired) electrons. The highest BCUT2D eigenvalue weighted by Gasteiger charge is 2.51. The summed E-state index contributed by atoms with van der Waals surface area (Å²) in [5, 5.41) is 5.24. The Hall–Kier alpha value is -6.13. The van der Waals surface area contributed by atoms with E-state index in [0.29, 0.717) is 5.41 Å². The summed E-state index contributed by atoms with van der Waals surface area (Å²) in [5.74, 6) is 3.72. The molecule has 0 unspecified atom stereocenters. The van der Waals surface area contributed by atoms with Crippen molar-refractivity contribution >= 4 is 60.4 Å². The van der Waals surface area contributed by atoms with Gasteiger partial charge in [-0.15, -0.1) is 0 Å². The average Bonchev–Trinajstić information content (AvgIpc) is 3.87. The lowest BCUT2D eigenvalue weighted by atomic mass is 9.48. The van der Waals surface area contributed by atoms with Gasteiger partial charge in [0.25, 0.3) is 0 Å². The van der Waals surface area contributed by atoms with Crippen LogP contribution in [0.15, 0.2) is 152 Å². The van der Waals surface area contributed by atoms with Gasteiger partial charge >= 0.3 is 0 Å². The highest BCUT2D eigenvalue weighted by Crippen LogP contribution is 2.61. The fourth-order valence-corrected chi connectivity index (χ4v) is 12.0. The molecule has 4 aliphatic carbocycles. The molecule has 3 aromatic heterocycles. The van der Waals surface area contributed by atoms with E-state index in [1.165, 1.54) is 87.9 Å². The molecule has 4 saturated carbocycles. The molecule has 14 rings (SSSR count). The Labute approximate surface area is 319 Å². The molecule has 0 spiro atoms. The Morgan fingerprint density at radius 1 is 0.455 bits per heavy atom. The van der Waals surface area contributed by atoms with Crippen molar-refractivity contribution in [2.24, 2.45) is 17.8 Å². The van der Waals surface area contributed by atoms with Crippen LogP contribution in [0.4, 0.5) is 0 Å². The zero-order valence-electron chi connectivity index (χ0n) is 30.7. The van der Waals surface area contributed by atoms with E-state index >= 15 is 0 Å². The summed E-state index contributed by atoms with van der Waals surface area (Å²) in [4.78, 5) is 5.24. The molecule has 4 nitrogen and oxygen atoms in total. The monoisotopic (exact) mass is 708 g/mol. The summed E-state index contributed by atoms with van der Waals surface area (Å²) in [6.07, 6.45) is 8.58. The summed E-state index contributed by atoms with van der Waals surface area (Å²) < 4.78 is 7.17. The lowest BCUT2D eigenvalue weighted by molar-refractivity contribution is -0.00512. The van der Waals surface area contributed by atoms with Gasteiger partial charge in [0, 0.05) is 22.1 Å². The van der Waals surface area contributed by atoms with E-state index in [1.807, 2.05) is 0 Å². The van der Waals surface area contributed by atoms with E-state index in [1.54, 1.807) is 5.56 Å². The first-order valence-corrected chi connectivity index (χ1v) is 20.2. The van der Waals surface area contributed by atoms with Gasteiger partial charge in [0.15, 0.2) is 0 Å². The van der Waals surface area contributed by atoms with Crippen LogP contribution < -0.4 is 0 Å². The third-order valence-corrected chi connectivity index (χ3v) is 14.0. The van der Waals surface area contributed by atoms with Crippen molar-refractivity contribution in [3.05, 3.63) is 157 Å². The van der Waals surface area contributed by atoms with E-state index in [9.17, 15) is 0 Å². The van der Waals surface area contributed by atoms with E-state index in [4.69, 9.17) is 4.98 Å². The Morgan fingerprint density at radius 3 is 1.93 bits per heavy atom. The van der Waals surface area contributed by atoms with Gasteiger partial charge in [-0.05, 0) is 156 Å². The molecule has 264 valence electrons. The highest BCUT2D eigenvalue weighted by atomic mass is 15.2. The van der Waals surface area contributed by atoms with Gasteiger partial charge < -0.3 is 4.57 Å². The number of benzene rings is 7. The van der Waals surface area contributed by atoms with E-state index in [-0.39, 0.29) is 0 Å². The SMILES string of the molecule is c1ccc2cc(-c3ccc(-n4c5ccc(-n6c7ccccc7c7cc(C89CC%10CC(CC(C%10)C8)C9)ccc76)cc5n5c6ccccc6nc45)cc3)ccc2c1. The van der Waals surface area contributed by atoms with Crippen molar-refractivity contribution in [3.8, 4) is 22.5 Å². The molecule has 4 fully saturated rings. The van der Waals surface area contributed by atoms with Crippen LogP contribution >= 0.6 is 0 Å². The van der Waals surface area contributed by atoms with Crippen molar-refractivity contribution in [3.63, 3.8) is 0 Å². The molecule has 0 amide bonds. The molecule has 4 aliphatic rings. The Balaban J connectivity index is 0.980. The first kappa shape index (κ1) is 30.2. The maximum Gasteiger partial charge on any atom is 0.220 e. The van der Waals surface area contributed by atoms with E-state index < -0.39 is 0 Å². The maximum atomic E-state index is 5.24. The van der Waals surface area contributed by atoms with Crippen LogP contribution in [0.1, 0.15) is 44.1 Å². The van der Waals surface area contributed by atoms with Crippen LogP contribution in [-0.2, 0) is 5.41 Å². The molecule has 0 aliphatic heterocycles. The molecule has 4 heteroatoms. The zero-order valence-corrected chi connectivity index (χ0v) is 30.7. The van der Waals surface area contributed by atoms with Crippen molar-refractivity contribution in [2.45, 2.75) is 43.9 Å². The number of imidazole rings is 2. The second-order valence-corrected chi connectivity index (χ2v) is 17.1. The second kappa shape index (κ2) is 11.0. The van der Waals surface area contributed by atoms with Crippen LogP contribution in [0.2, 0.25) is 0 Å². The standard InChI is InChI=1S/C51H40N4/c1-2-8-37-26-38(14-13-35(37)7-1)36-15-18-40(19-16-36)54-48-22-20-41(28-49(48)55-47-12-6-4-10-44(47)52-50(54)55)53-45-11-5-3-9-42(45)43-27-39(17-21-46(43)53)51-29-32-23-33(30-51)25-34(24-32)31-51/h1-22,26-28,32-34H,23-25,29-31H2. The topological polar surface area (TPSA) is 27.2 Å². The molecule has 4 bridgehead atoms. The molecule has 0 N–H and O–H groups in total. The minimum atomic E-state index is 0.371. The third-order valence-electron chi connectivity index (χ3n) is 14.0. The Kier molecular flexibility index (Phi) is 6.03. The van der Waals surface area contributed by atoms with Crippen molar-refractivity contribution in [2.75, 3.05) is 0 Å². The van der Waals surface area contributed by atoms with Crippen LogP contribution in [0.25, 0.3) is 82.9 Å². The first-order chi connectivity index (χ1) is 27.2. The van der Waals surface area contributed by atoms with Crippen molar-refractivity contribution in [1.82, 2.24) is 18.5 Å². The van der Waals surface area contributed by atoms with Crippen LogP contribution in [0.5, 0.6) is 0 Å². The largest absolute Gasteiger partial charge is 0.309 e. The molecule has 55 heavy (non-hydrogen) atoms. The molecule has 0 atom stereocenters. The molecule has 7 aromatic carbocycles. The van der Waals surface area contributed by atoms with Gasteiger partial charge in [0.1, 0.15) is 0 Å². The number of hydrogen-bond acceptors (Lipinski definition) is 1. The van der Waals surface area contributed by atoms with Crippen molar-refractivity contribution < 1.29 is 0 Å². The lowest BCUT2D eigenvalue weighted by Crippen LogP contribution is -2.48. The summed E-state index contributed by atoms with van der Waals surface area (Å²) in [6, 6.07) is 56.4. The minimum absolute atomic E-state index is 0.371. The predicted octanol–water partition coefficient (Wildman–Crippen LogP) is 12.8. The van der Waals surface area contributed by atoms with E-state index in [2.05, 4.69) is 165 Å². The number of aromatic nitrogens is 4. The third kappa shape index (κ3) is 4.31. The summed E-state index contributed by atoms with van der Waals surface area (Å²) in [7, 11) is 0. The van der Waals surface area contributed by atoms with Crippen LogP contribution in [0.3, 0.4) is 0 Å². The van der Waals surface area contributed by atoms with Gasteiger partial charge in [-0.3, -0.25) is 8.97 Å². The Morgan fingerprint density at radius 2 is 1.11 bits per heavy atom. The fourth-order valence-electron chi connectivity index (χ4n) is 12.0. The quantitative estimate of drug-likeness (QED) is 0.179.